The van der Waals surface area contributed by atoms with E-state index in [-0.39, 0.29) is 12.4 Å². The first kappa shape index (κ1) is 20.4. The number of aromatic nitrogens is 1. The van der Waals surface area contributed by atoms with Gasteiger partial charge in [-0.05, 0) is 48.2 Å². The maximum Gasteiger partial charge on any atom is 0.331 e. The van der Waals surface area contributed by atoms with Gasteiger partial charge in [0.25, 0.3) is 5.91 Å². The van der Waals surface area contributed by atoms with Crippen molar-refractivity contribution >= 4 is 45.4 Å². The number of carbonyl (C=O) groups is 3. The number of hydrogen-bond acceptors (Lipinski definition) is 5. The van der Waals surface area contributed by atoms with Crippen LogP contribution in [0.15, 0.2) is 21.7 Å². The molecule has 3 amide bonds. The number of aliphatic imine (C=N–C) groups is 1. The first-order valence-corrected chi connectivity index (χ1v) is 9.70. The van der Waals surface area contributed by atoms with Crippen LogP contribution in [0.2, 0.25) is 0 Å². The quantitative estimate of drug-likeness (QED) is 0.645. The van der Waals surface area contributed by atoms with Crippen LogP contribution in [0.5, 0.6) is 0 Å². The van der Waals surface area contributed by atoms with Crippen molar-refractivity contribution in [3.8, 4) is 0 Å². The molecule has 1 aromatic rings. The van der Waals surface area contributed by atoms with E-state index in [4.69, 9.17) is 4.74 Å². The molecule has 1 atom stereocenters. The predicted octanol–water partition coefficient (Wildman–Crippen LogP) is 3.13. The molecular weight excluding hydrogens is 428 g/mol. The lowest BCUT2D eigenvalue weighted by Crippen LogP contribution is -2.58. The number of nitrogens with zero attached hydrogens (tertiary/aromatic N) is 4. The van der Waals surface area contributed by atoms with Crippen molar-refractivity contribution in [2.45, 2.75) is 53.2 Å². The highest BCUT2D eigenvalue weighted by Gasteiger charge is 2.51. The summed E-state index contributed by atoms with van der Waals surface area (Å²) in [5, 5.41) is 0. The zero-order chi connectivity index (χ0) is 21.0. The van der Waals surface area contributed by atoms with Crippen LogP contribution < -0.4 is 4.90 Å². The molecule has 0 spiro atoms. The standard InChI is InChI=1S/C19H23BrN4O4/c1-18(2,3)14-16(26)22-15-13-11(7-10(20)8-21-13)23(17(27)24(14)15)9-12(25)28-19(4,5)6/h7-8,14H,9H2,1-6H3. The molecule has 1 unspecified atom stereocenters. The summed E-state index contributed by atoms with van der Waals surface area (Å²) in [5.41, 5.74) is -0.435. The zero-order valence-corrected chi connectivity index (χ0v) is 18.3. The minimum absolute atomic E-state index is 0.220. The number of rotatable bonds is 2. The number of esters is 1. The van der Waals surface area contributed by atoms with Gasteiger partial charge in [0.2, 0.25) is 0 Å². The average Bonchev–Trinajstić information content (AvgIpc) is 2.87. The van der Waals surface area contributed by atoms with E-state index in [0.29, 0.717) is 15.9 Å². The normalized spacial score (nSPS) is 19.4. The predicted molar refractivity (Wildman–Crippen MR) is 107 cm³/mol. The van der Waals surface area contributed by atoms with Crippen LogP contribution in [0.1, 0.15) is 47.2 Å². The molecule has 8 nitrogen and oxygen atoms in total. The fourth-order valence-electron chi connectivity index (χ4n) is 3.27. The zero-order valence-electron chi connectivity index (χ0n) is 16.7. The fraction of sp³-hybridized carbons (Fsp3) is 0.526. The van der Waals surface area contributed by atoms with E-state index in [1.54, 1.807) is 33.0 Å². The molecular formula is C19H23BrN4O4. The van der Waals surface area contributed by atoms with Crippen molar-refractivity contribution in [3.05, 3.63) is 22.4 Å². The number of urea groups is 1. The maximum atomic E-state index is 13.4. The van der Waals surface area contributed by atoms with Crippen LogP contribution in [0.3, 0.4) is 0 Å². The summed E-state index contributed by atoms with van der Waals surface area (Å²) in [4.78, 5) is 49.5. The fourth-order valence-corrected chi connectivity index (χ4v) is 3.59. The lowest BCUT2D eigenvalue weighted by Gasteiger charge is -2.40. The summed E-state index contributed by atoms with van der Waals surface area (Å²) in [6.45, 7) is 10.6. The summed E-state index contributed by atoms with van der Waals surface area (Å²) >= 11 is 3.34. The molecule has 1 aromatic heterocycles. The smallest absolute Gasteiger partial charge is 0.331 e. The second-order valence-electron chi connectivity index (χ2n) is 8.89. The van der Waals surface area contributed by atoms with Crippen molar-refractivity contribution < 1.29 is 19.1 Å². The minimum atomic E-state index is -0.769. The molecule has 28 heavy (non-hydrogen) atoms. The number of halogens is 1. The highest BCUT2D eigenvalue weighted by atomic mass is 79.9. The van der Waals surface area contributed by atoms with Crippen molar-refractivity contribution in [3.63, 3.8) is 0 Å². The molecule has 9 heteroatoms. The van der Waals surface area contributed by atoms with Crippen LogP contribution in [-0.2, 0) is 14.3 Å². The van der Waals surface area contributed by atoms with E-state index in [0.717, 1.165) is 0 Å². The van der Waals surface area contributed by atoms with Crippen molar-refractivity contribution in [2.75, 3.05) is 11.4 Å². The number of anilines is 1. The van der Waals surface area contributed by atoms with E-state index < -0.39 is 35.0 Å². The first-order valence-electron chi connectivity index (χ1n) is 8.90. The Hall–Kier alpha value is -2.29. The SMILES string of the molecule is CC(C)(C)OC(=O)CN1C(=O)N2C(=NC(=O)C2C(C)(C)C)c2ncc(Br)cc21. The Morgan fingerprint density at radius 1 is 1.21 bits per heavy atom. The van der Waals surface area contributed by atoms with Gasteiger partial charge >= 0.3 is 12.0 Å². The van der Waals surface area contributed by atoms with Crippen LogP contribution in [-0.4, -0.2) is 51.8 Å². The number of amides is 3. The Morgan fingerprint density at radius 2 is 1.86 bits per heavy atom. The molecule has 0 radical (unpaired) electrons. The monoisotopic (exact) mass is 450 g/mol. The van der Waals surface area contributed by atoms with Gasteiger partial charge < -0.3 is 4.74 Å². The maximum absolute atomic E-state index is 13.4. The third-order valence-electron chi connectivity index (χ3n) is 4.24. The number of fused-ring (bicyclic) bond motifs is 3. The van der Waals surface area contributed by atoms with Crippen LogP contribution in [0.4, 0.5) is 10.5 Å². The molecule has 0 saturated heterocycles. The summed E-state index contributed by atoms with van der Waals surface area (Å²) < 4.78 is 6.02. The molecule has 3 heterocycles. The molecule has 2 aliphatic heterocycles. The Labute approximate surface area is 172 Å². The lowest BCUT2D eigenvalue weighted by atomic mass is 9.85. The van der Waals surface area contributed by atoms with E-state index in [9.17, 15) is 14.4 Å². The second kappa shape index (κ2) is 6.65. The summed E-state index contributed by atoms with van der Waals surface area (Å²) in [6, 6.07) is 0.414. The van der Waals surface area contributed by atoms with Gasteiger partial charge in [-0.25, -0.2) is 9.78 Å². The van der Waals surface area contributed by atoms with Gasteiger partial charge in [-0.15, -0.1) is 0 Å². The van der Waals surface area contributed by atoms with E-state index >= 15 is 0 Å². The summed E-state index contributed by atoms with van der Waals surface area (Å²) in [6.07, 6.45) is 1.57. The highest BCUT2D eigenvalue weighted by molar-refractivity contribution is 9.10. The largest absolute Gasteiger partial charge is 0.459 e. The van der Waals surface area contributed by atoms with Crippen molar-refractivity contribution in [1.82, 2.24) is 9.88 Å². The Kier molecular flexibility index (Phi) is 4.85. The first-order chi connectivity index (χ1) is 12.8. The lowest BCUT2D eigenvalue weighted by molar-refractivity contribution is -0.152. The van der Waals surface area contributed by atoms with Crippen LogP contribution >= 0.6 is 15.9 Å². The molecule has 0 N–H and O–H groups in total. The number of ether oxygens (including phenoxy) is 1. The van der Waals surface area contributed by atoms with Gasteiger partial charge in [-0.1, -0.05) is 20.8 Å². The summed E-state index contributed by atoms with van der Waals surface area (Å²) in [7, 11) is 0. The number of pyridine rings is 1. The third kappa shape index (κ3) is 3.67. The van der Waals surface area contributed by atoms with Gasteiger partial charge in [-0.2, -0.15) is 4.99 Å². The number of carbonyl (C=O) groups excluding carboxylic acids is 3. The van der Waals surface area contributed by atoms with Gasteiger partial charge in [0.05, 0.1) is 5.69 Å². The van der Waals surface area contributed by atoms with E-state index in [1.807, 2.05) is 20.8 Å². The number of amidine groups is 1. The highest BCUT2D eigenvalue weighted by Crippen LogP contribution is 2.38. The molecule has 0 bridgehead atoms. The second-order valence-corrected chi connectivity index (χ2v) is 9.80. The topological polar surface area (TPSA) is 92.2 Å². The average molecular weight is 451 g/mol. The molecule has 3 rings (SSSR count). The molecule has 0 fully saturated rings. The van der Waals surface area contributed by atoms with E-state index in [2.05, 4.69) is 25.9 Å². The Bertz CT molecular complexity index is 898. The Balaban J connectivity index is 2.07. The number of hydrogen-bond donors (Lipinski definition) is 0. The van der Waals surface area contributed by atoms with Crippen molar-refractivity contribution in [2.24, 2.45) is 10.4 Å². The van der Waals surface area contributed by atoms with Crippen LogP contribution in [0, 0.1) is 5.41 Å². The molecule has 0 aliphatic carbocycles. The Morgan fingerprint density at radius 3 is 2.43 bits per heavy atom. The molecule has 0 saturated carbocycles. The van der Waals surface area contributed by atoms with Crippen LogP contribution in [0.25, 0.3) is 0 Å². The third-order valence-corrected chi connectivity index (χ3v) is 4.67. The van der Waals surface area contributed by atoms with E-state index in [1.165, 1.54) is 9.80 Å². The van der Waals surface area contributed by atoms with Gasteiger partial charge in [-0.3, -0.25) is 19.4 Å². The minimum Gasteiger partial charge on any atom is -0.459 e. The molecule has 150 valence electrons. The van der Waals surface area contributed by atoms with Gasteiger partial charge in [0.1, 0.15) is 23.9 Å². The van der Waals surface area contributed by atoms with Gasteiger partial charge in [0.15, 0.2) is 5.84 Å². The van der Waals surface area contributed by atoms with Crippen molar-refractivity contribution in [1.29, 1.82) is 0 Å². The molecule has 0 aromatic carbocycles. The summed E-state index contributed by atoms with van der Waals surface area (Å²) in [5.74, 6) is -0.728. The van der Waals surface area contributed by atoms with Gasteiger partial charge in [0, 0.05) is 10.7 Å². The molecule has 2 aliphatic rings.